The van der Waals surface area contributed by atoms with E-state index in [0.29, 0.717) is 0 Å². The molecule has 2 aliphatic rings. The van der Waals surface area contributed by atoms with Gasteiger partial charge < -0.3 is 10.6 Å². The van der Waals surface area contributed by atoms with Gasteiger partial charge in [0, 0.05) is 43.5 Å². The van der Waals surface area contributed by atoms with Crippen LogP contribution in [0.2, 0.25) is 0 Å². The molecule has 0 atom stereocenters. The SMILES string of the molecule is Cc1ccc(C(=N)N)c(N2CCN(C3CC3)CC2)c1. The van der Waals surface area contributed by atoms with Gasteiger partial charge in [0.05, 0.1) is 0 Å². The second kappa shape index (κ2) is 4.85. The number of aryl methyl sites for hydroxylation is 1. The first-order valence-electron chi connectivity index (χ1n) is 7.09. The van der Waals surface area contributed by atoms with Crippen molar-refractivity contribution in [2.45, 2.75) is 25.8 Å². The van der Waals surface area contributed by atoms with E-state index in [4.69, 9.17) is 11.1 Å². The number of rotatable bonds is 3. The molecule has 1 aliphatic carbocycles. The largest absolute Gasteiger partial charge is 0.384 e. The topological polar surface area (TPSA) is 56.4 Å². The van der Waals surface area contributed by atoms with Crippen molar-refractivity contribution in [3.05, 3.63) is 29.3 Å². The van der Waals surface area contributed by atoms with E-state index < -0.39 is 0 Å². The van der Waals surface area contributed by atoms with Gasteiger partial charge in [-0.2, -0.15) is 0 Å². The number of amidine groups is 1. The van der Waals surface area contributed by atoms with Crippen LogP contribution in [0.4, 0.5) is 5.69 Å². The molecule has 0 unspecified atom stereocenters. The summed E-state index contributed by atoms with van der Waals surface area (Å²) in [6.45, 7) is 6.44. The highest BCUT2D eigenvalue weighted by Gasteiger charge is 2.31. The van der Waals surface area contributed by atoms with Crippen LogP contribution in [0.1, 0.15) is 24.0 Å². The third kappa shape index (κ3) is 2.59. The van der Waals surface area contributed by atoms with Crippen LogP contribution in [0.15, 0.2) is 18.2 Å². The van der Waals surface area contributed by atoms with Crippen LogP contribution < -0.4 is 10.6 Å². The average molecular weight is 258 g/mol. The zero-order chi connectivity index (χ0) is 13.4. The molecule has 3 N–H and O–H groups in total. The Morgan fingerprint density at radius 1 is 1.21 bits per heavy atom. The second-order valence-corrected chi connectivity index (χ2v) is 5.69. The number of nitrogens with zero attached hydrogens (tertiary/aromatic N) is 2. The van der Waals surface area contributed by atoms with Crippen molar-refractivity contribution in [1.29, 1.82) is 5.41 Å². The van der Waals surface area contributed by atoms with Crippen LogP contribution >= 0.6 is 0 Å². The number of piperazine rings is 1. The number of nitrogens with two attached hydrogens (primary N) is 1. The molecule has 0 amide bonds. The minimum atomic E-state index is 0.166. The van der Waals surface area contributed by atoms with Crippen molar-refractivity contribution in [1.82, 2.24) is 4.90 Å². The highest BCUT2D eigenvalue weighted by atomic mass is 15.3. The molecule has 0 spiro atoms. The lowest BCUT2D eigenvalue weighted by Gasteiger charge is -2.37. The van der Waals surface area contributed by atoms with Gasteiger partial charge in [-0.3, -0.25) is 10.3 Å². The summed E-state index contributed by atoms with van der Waals surface area (Å²) in [5, 5.41) is 7.72. The van der Waals surface area contributed by atoms with Crippen molar-refractivity contribution >= 4 is 11.5 Å². The maximum absolute atomic E-state index is 7.72. The normalized spacial score (nSPS) is 20.6. The Morgan fingerprint density at radius 2 is 1.89 bits per heavy atom. The predicted molar refractivity (Wildman–Crippen MR) is 79.0 cm³/mol. The minimum Gasteiger partial charge on any atom is -0.384 e. The molecule has 1 aromatic rings. The Kier molecular flexibility index (Phi) is 3.19. The van der Waals surface area contributed by atoms with Gasteiger partial charge in [-0.15, -0.1) is 0 Å². The molecule has 1 aliphatic heterocycles. The quantitative estimate of drug-likeness (QED) is 0.639. The Bertz CT molecular complexity index is 485. The van der Waals surface area contributed by atoms with Crippen LogP contribution in [0, 0.1) is 12.3 Å². The fraction of sp³-hybridized carbons (Fsp3) is 0.533. The lowest BCUT2D eigenvalue weighted by molar-refractivity contribution is 0.248. The molecule has 1 saturated carbocycles. The Hall–Kier alpha value is -1.55. The van der Waals surface area contributed by atoms with Gasteiger partial charge in [-0.1, -0.05) is 6.07 Å². The van der Waals surface area contributed by atoms with Gasteiger partial charge in [0.25, 0.3) is 0 Å². The average Bonchev–Trinajstić information content (AvgIpc) is 3.23. The zero-order valence-corrected chi connectivity index (χ0v) is 11.5. The van der Waals surface area contributed by atoms with E-state index in [0.717, 1.165) is 43.5 Å². The Labute approximate surface area is 114 Å². The van der Waals surface area contributed by atoms with Gasteiger partial charge >= 0.3 is 0 Å². The van der Waals surface area contributed by atoms with E-state index in [1.807, 2.05) is 12.1 Å². The third-order valence-electron chi connectivity index (χ3n) is 4.16. The van der Waals surface area contributed by atoms with E-state index in [1.165, 1.54) is 18.4 Å². The van der Waals surface area contributed by atoms with E-state index >= 15 is 0 Å². The van der Waals surface area contributed by atoms with Gasteiger partial charge in [-0.25, -0.2) is 0 Å². The molecule has 2 fully saturated rings. The molecule has 0 radical (unpaired) electrons. The van der Waals surface area contributed by atoms with Crippen LogP contribution in [0.25, 0.3) is 0 Å². The standard InChI is InChI=1S/C15H22N4/c1-11-2-5-13(15(16)17)14(10-11)19-8-6-18(7-9-19)12-3-4-12/h2,5,10,12H,3-4,6-9H2,1H3,(H3,16,17). The van der Waals surface area contributed by atoms with E-state index in [-0.39, 0.29) is 5.84 Å². The summed E-state index contributed by atoms with van der Waals surface area (Å²) in [5.74, 6) is 0.166. The van der Waals surface area contributed by atoms with E-state index in [9.17, 15) is 0 Å². The Morgan fingerprint density at radius 3 is 2.47 bits per heavy atom. The first-order chi connectivity index (χ1) is 9.15. The van der Waals surface area contributed by atoms with Crippen LogP contribution in [-0.4, -0.2) is 43.0 Å². The highest BCUT2D eigenvalue weighted by Crippen LogP contribution is 2.29. The fourth-order valence-corrected chi connectivity index (χ4v) is 2.90. The minimum absolute atomic E-state index is 0.166. The molecule has 4 nitrogen and oxygen atoms in total. The molecule has 0 aromatic heterocycles. The lowest BCUT2D eigenvalue weighted by atomic mass is 10.1. The summed E-state index contributed by atoms with van der Waals surface area (Å²) < 4.78 is 0. The van der Waals surface area contributed by atoms with Gasteiger partial charge in [-0.05, 0) is 37.5 Å². The maximum Gasteiger partial charge on any atom is 0.124 e. The molecule has 1 saturated heterocycles. The second-order valence-electron chi connectivity index (χ2n) is 5.69. The summed E-state index contributed by atoms with van der Waals surface area (Å²) >= 11 is 0. The summed E-state index contributed by atoms with van der Waals surface area (Å²) in [7, 11) is 0. The molecule has 102 valence electrons. The molecule has 19 heavy (non-hydrogen) atoms. The molecular weight excluding hydrogens is 236 g/mol. The molecule has 1 heterocycles. The first kappa shape index (κ1) is 12.5. The summed E-state index contributed by atoms with van der Waals surface area (Å²) in [5.41, 5.74) is 8.92. The van der Waals surface area contributed by atoms with Crippen molar-refractivity contribution in [3.63, 3.8) is 0 Å². The highest BCUT2D eigenvalue weighted by molar-refractivity contribution is 6.00. The molecular formula is C15H22N4. The van der Waals surface area contributed by atoms with Crippen molar-refractivity contribution in [3.8, 4) is 0 Å². The van der Waals surface area contributed by atoms with Crippen molar-refractivity contribution < 1.29 is 0 Å². The van der Waals surface area contributed by atoms with Crippen LogP contribution in [0.5, 0.6) is 0 Å². The first-order valence-corrected chi connectivity index (χ1v) is 7.09. The van der Waals surface area contributed by atoms with Crippen molar-refractivity contribution in [2.24, 2.45) is 5.73 Å². The maximum atomic E-state index is 7.72. The number of anilines is 1. The summed E-state index contributed by atoms with van der Waals surface area (Å²) in [6, 6.07) is 7.01. The third-order valence-corrected chi connectivity index (χ3v) is 4.16. The number of nitrogen functional groups attached to an aromatic ring is 1. The number of hydrogen-bond donors (Lipinski definition) is 2. The van der Waals surface area contributed by atoms with Crippen LogP contribution in [0.3, 0.4) is 0 Å². The Balaban J connectivity index is 1.78. The van der Waals surface area contributed by atoms with Crippen LogP contribution in [-0.2, 0) is 0 Å². The van der Waals surface area contributed by atoms with Gasteiger partial charge in [0.2, 0.25) is 0 Å². The number of nitrogens with one attached hydrogen (secondary N) is 1. The summed E-state index contributed by atoms with van der Waals surface area (Å²) in [6.07, 6.45) is 2.76. The molecule has 1 aromatic carbocycles. The zero-order valence-electron chi connectivity index (χ0n) is 11.5. The van der Waals surface area contributed by atoms with Crippen molar-refractivity contribution in [2.75, 3.05) is 31.1 Å². The number of hydrogen-bond acceptors (Lipinski definition) is 3. The number of benzene rings is 1. The lowest BCUT2D eigenvalue weighted by Crippen LogP contribution is -2.47. The van der Waals surface area contributed by atoms with Gasteiger partial charge in [0.1, 0.15) is 5.84 Å². The smallest absolute Gasteiger partial charge is 0.124 e. The monoisotopic (exact) mass is 258 g/mol. The van der Waals surface area contributed by atoms with E-state index in [2.05, 4.69) is 22.8 Å². The van der Waals surface area contributed by atoms with E-state index in [1.54, 1.807) is 0 Å². The van der Waals surface area contributed by atoms with Gasteiger partial charge in [0.15, 0.2) is 0 Å². The molecule has 0 bridgehead atoms. The fourth-order valence-electron chi connectivity index (χ4n) is 2.90. The predicted octanol–water partition coefficient (Wildman–Crippen LogP) is 1.56. The molecule has 3 rings (SSSR count). The molecule has 4 heteroatoms. The summed E-state index contributed by atoms with van der Waals surface area (Å²) in [4.78, 5) is 4.97.